The third-order valence-electron chi connectivity index (χ3n) is 3.96. The molecule has 1 heterocycles. The second kappa shape index (κ2) is 6.54. The molecule has 0 spiro atoms. The molecule has 0 unspecified atom stereocenters. The first-order valence-corrected chi connectivity index (χ1v) is 8.33. The van der Waals surface area contributed by atoms with Gasteiger partial charge in [0.15, 0.2) is 5.58 Å². The topological polar surface area (TPSA) is 38.4 Å². The van der Waals surface area contributed by atoms with Crippen LogP contribution in [0.2, 0.25) is 5.02 Å². The van der Waals surface area contributed by atoms with Crippen LogP contribution in [0.5, 0.6) is 0 Å². The number of benzene rings is 3. The maximum Gasteiger partial charge on any atom is 0.227 e. The summed E-state index contributed by atoms with van der Waals surface area (Å²) in [5.74, 6) is 0.623. The van der Waals surface area contributed by atoms with Gasteiger partial charge < -0.3 is 4.42 Å². The van der Waals surface area contributed by atoms with E-state index in [4.69, 9.17) is 16.0 Å². The standard InChI is InChI=1S/C21H15ClN2O/c1-14-12-16(21-24-19-4-2-3-5-20(19)25-21)8-11-18(14)23-13-15-6-9-17(22)10-7-15/h2-13H,1H3. The molecule has 1 aromatic heterocycles. The number of para-hydroxylation sites is 2. The Labute approximate surface area is 150 Å². The lowest BCUT2D eigenvalue weighted by molar-refractivity contribution is 0.620. The third kappa shape index (κ3) is 3.32. The van der Waals surface area contributed by atoms with Crippen LogP contribution >= 0.6 is 11.6 Å². The molecule has 3 nitrogen and oxygen atoms in total. The van der Waals surface area contributed by atoms with Crippen LogP contribution in [0.4, 0.5) is 5.69 Å². The summed E-state index contributed by atoms with van der Waals surface area (Å²) in [6.07, 6.45) is 1.83. The summed E-state index contributed by atoms with van der Waals surface area (Å²) in [5, 5.41) is 0.719. The highest BCUT2D eigenvalue weighted by Gasteiger charge is 2.09. The number of aromatic nitrogens is 1. The predicted octanol–water partition coefficient (Wildman–Crippen LogP) is 6.21. The van der Waals surface area contributed by atoms with Gasteiger partial charge in [0.25, 0.3) is 0 Å². The van der Waals surface area contributed by atoms with Crippen LogP contribution in [0.15, 0.2) is 76.1 Å². The SMILES string of the molecule is Cc1cc(-c2nc3ccccc3o2)ccc1N=Cc1ccc(Cl)cc1. The molecule has 4 rings (SSSR count). The molecule has 122 valence electrons. The molecule has 0 amide bonds. The quantitative estimate of drug-likeness (QED) is 0.414. The van der Waals surface area contributed by atoms with Gasteiger partial charge in [0.2, 0.25) is 5.89 Å². The molecular weight excluding hydrogens is 332 g/mol. The maximum absolute atomic E-state index is 5.90. The van der Waals surface area contributed by atoms with Crippen molar-refractivity contribution in [3.63, 3.8) is 0 Å². The molecule has 0 fully saturated rings. The Morgan fingerprint density at radius 3 is 2.56 bits per heavy atom. The largest absolute Gasteiger partial charge is 0.436 e. The molecule has 0 radical (unpaired) electrons. The van der Waals surface area contributed by atoms with Gasteiger partial charge in [-0.25, -0.2) is 4.98 Å². The van der Waals surface area contributed by atoms with Gasteiger partial charge in [-0.2, -0.15) is 0 Å². The van der Waals surface area contributed by atoms with Crippen LogP contribution in [0.3, 0.4) is 0 Å². The van der Waals surface area contributed by atoms with E-state index >= 15 is 0 Å². The number of hydrogen-bond donors (Lipinski definition) is 0. The first-order valence-electron chi connectivity index (χ1n) is 7.95. The van der Waals surface area contributed by atoms with Crippen LogP contribution in [0, 0.1) is 6.92 Å². The summed E-state index contributed by atoms with van der Waals surface area (Å²) >= 11 is 5.90. The predicted molar refractivity (Wildman–Crippen MR) is 103 cm³/mol. The Bertz CT molecular complexity index is 1030. The Balaban J connectivity index is 1.63. The fourth-order valence-electron chi connectivity index (χ4n) is 2.62. The number of oxazole rings is 1. The first-order chi connectivity index (χ1) is 12.2. The van der Waals surface area contributed by atoms with Crippen molar-refractivity contribution in [3.05, 3.63) is 82.9 Å². The van der Waals surface area contributed by atoms with Gasteiger partial charge >= 0.3 is 0 Å². The van der Waals surface area contributed by atoms with Gasteiger partial charge in [-0.05, 0) is 60.5 Å². The van der Waals surface area contributed by atoms with Gasteiger partial charge in [-0.1, -0.05) is 35.9 Å². The molecule has 0 saturated carbocycles. The average Bonchev–Trinajstić information content (AvgIpc) is 3.06. The van der Waals surface area contributed by atoms with E-state index < -0.39 is 0 Å². The van der Waals surface area contributed by atoms with Gasteiger partial charge in [-0.3, -0.25) is 4.99 Å². The van der Waals surface area contributed by atoms with Crippen molar-refractivity contribution < 1.29 is 4.42 Å². The van der Waals surface area contributed by atoms with E-state index in [1.165, 1.54) is 0 Å². The molecule has 0 aliphatic carbocycles. The molecule has 0 saturated heterocycles. The maximum atomic E-state index is 5.90. The summed E-state index contributed by atoms with van der Waals surface area (Å²) in [6, 6.07) is 21.3. The minimum absolute atomic E-state index is 0.623. The zero-order valence-electron chi connectivity index (χ0n) is 13.6. The van der Waals surface area contributed by atoms with E-state index in [9.17, 15) is 0 Å². The fraction of sp³-hybridized carbons (Fsp3) is 0.0476. The molecule has 0 bridgehead atoms. The van der Waals surface area contributed by atoms with Crippen molar-refractivity contribution in [3.8, 4) is 11.5 Å². The second-order valence-corrected chi connectivity index (χ2v) is 6.23. The number of hydrogen-bond acceptors (Lipinski definition) is 3. The van der Waals surface area contributed by atoms with Crippen LogP contribution in [0.1, 0.15) is 11.1 Å². The summed E-state index contributed by atoms with van der Waals surface area (Å²) in [6.45, 7) is 2.03. The van der Waals surface area contributed by atoms with Crippen molar-refractivity contribution in [1.29, 1.82) is 0 Å². The van der Waals surface area contributed by atoms with Crippen LogP contribution in [-0.2, 0) is 0 Å². The van der Waals surface area contributed by atoms with E-state index in [0.717, 1.165) is 38.5 Å². The highest BCUT2D eigenvalue weighted by atomic mass is 35.5. The first kappa shape index (κ1) is 15.6. The lowest BCUT2D eigenvalue weighted by Crippen LogP contribution is -1.83. The molecule has 3 aromatic carbocycles. The second-order valence-electron chi connectivity index (χ2n) is 5.80. The molecule has 0 N–H and O–H groups in total. The molecule has 0 atom stereocenters. The van der Waals surface area contributed by atoms with E-state index in [1.54, 1.807) is 0 Å². The zero-order valence-corrected chi connectivity index (χ0v) is 14.4. The van der Waals surface area contributed by atoms with Crippen molar-refractivity contribution in [2.24, 2.45) is 4.99 Å². The minimum Gasteiger partial charge on any atom is -0.436 e. The normalized spacial score (nSPS) is 11.4. The lowest BCUT2D eigenvalue weighted by Gasteiger charge is -2.02. The van der Waals surface area contributed by atoms with Crippen LogP contribution < -0.4 is 0 Å². The number of fused-ring (bicyclic) bond motifs is 1. The van der Waals surface area contributed by atoms with E-state index in [2.05, 4.69) is 9.98 Å². The molecular formula is C21H15ClN2O. The molecule has 0 aliphatic heterocycles. The molecule has 25 heavy (non-hydrogen) atoms. The highest BCUT2D eigenvalue weighted by Crippen LogP contribution is 2.28. The van der Waals surface area contributed by atoms with E-state index in [1.807, 2.05) is 79.9 Å². The fourth-order valence-corrected chi connectivity index (χ4v) is 2.75. The smallest absolute Gasteiger partial charge is 0.227 e. The van der Waals surface area contributed by atoms with Gasteiger partial charge in [0.1, 0.15) is 5.52 Å². The molecule has 0 aliphatic rings. The Morgan fingerprint density at radius 2 is 1.80 bits per heavy atom. The van der Waals surface area contributed by atoms with Gasteiger partial charge in [0, 0.05) is 16.8 Å². The number of rotatable bonds is 3. The summed E-state index contributed by atoms with van der Waals surface area (Å²) in [7, 11) is 0. The van der Waals surface area contributed by atoms with E-state index in [0.29, 0.717) is 5.89 Å². The van der Waals surface area contributed by atoms with Crippen molar-refractivity contribution >= 4 is 34.6 Å². The van der Waals surface area contributed by atoms with Gasteiger partial charge in [0.05, 0.1) is 5.69 Å². The lowest BCUT2D eigenvalue weighted by atomic mass is 10.1. The summed E-state index contributed by atoms with van der Waals surface area (Å²) in [4.78, 5) is 9.10. The summed E-state index contributed by atoms with van der Waals surface area (Å²) < 4.78 is 5.83. The monoisotopic (exact) mass is 346 g/mol. The number of halogens is 1. The Hall–Kier alpha value is -2.91. The molecule has 4 heteroatoms. The van der Waals surface area contributed by atoms with Crippen LogP contribution in [-0.4, -0.2) is 11.2 Å². The number of nitrogens with zero attached hydrogens (tertiary/aromatic N) is 2. The van der Waals surface area contributed by atoms with Crippen molar-refractivity contribution in [2.45, 2.75) is 6.92 Å². The average molecular weight is 347 g/mol. The highest BCUT2D eigenvalue weighted by molar-refractivity contribution is 6.30. The van der Waals surface area contributed by atoms with Crippen LogP contribution in [0.25, 0.3) is 22.6 Å². The van der Waals surface area contributed by atoms with Crippen molar-refractivity contribution in [2.75, 3.05) is 0 Å². The summed E-state index contributed by atoms with van der Waals surface area (Å²) in [5.41, 5.74) is 5.57. The third-order valence-corrected chi connectivity index (χ3v) is 4.21. The zero-order chi connectivity index (χ0) is 17.2. The van der Waals surface area contributed by atoms with Gasteiger partial charge in [-0.15, -0.1) is 0 Å². The Morgan fingerprint density at radius 1 is 1.00 bits per heavy atom. The van der Waals surface area contributed by atoms with E-state index in [-0.39, 0.29) is 0 Å². The Kier molecular flexibility index (Phi) is 4.08. The minimum atomic E-state index is 0.623. The number of aliphatic imine (C=N–C) groups is 1. The number of aryl methyl sites for hydroxylation is 1. The molecule has 4 aromatic rings. The van der Waals surface area contributed by atoms with Crippen molar-refractivity contribution in [1.82, 2.24) is 4.98 Å².